The van der Waals surface area contributed by atoms with Crippen molar-refractivity contribution in [2.45, 2.75) is 31.4 Å². The predicted molar refractivity (Wildman–Crippen MR) is 70.5 cm³/mol. The Morgan fingerprint density at radius 2 is 2.12 bits per heavy atom. The zero-order chi connectivity index (χ0) is 11.5. The lowest BCUT2D eigenvalue weighted by molar-refractivity contribution is 0.0413. The van der Waals surface area contributed by atoms with E-state index in [4.69, 9.17) is 10.5 Å². The Morgan fingerprint density at radius 1 is 1.41 bits per heavy atom. The van der Waals surface area contributed by atoms with Gasteiger partial charge in [-0.3, -0.25) is 0 Å². The molecule has 0 radical (unpaired) electrons. The van der Waals surface area contributed by atoms with Gasteiger partial charge in [0.2, 0.25) is 0 Å². The van der Waals surface area contributed by atoms with Crippen LogP contribution in [0.3, 0.4) is 0 Å². The largest absolute Gasteiger partial charge is 0.497 e. The van der Waals surface area contributed by atoms with E-state index in [9.17, 15) is 5.11 Å². The summed E-state index contributed by atoms with van der Waals surface area (Å²) >= 11 is 0. The van der Waals surface area contributed by atoms with E-state index < -0.39 is 6.10 Å². The van der Waals surface area contributed by atoms with Crippen LogP contribution in [0, 0.1) is 5.92 Å². The number of hydrogen-bond donors (Lipinski definition) is 2. The van der Waals surface area contributed by atoms with Crippen LogP contribution in [0.15, 0.2) is 24.3 Å². The second-order valence-electron chi connectivity index (χ2n) is 4.48. The molecule has 0 bridgehead atoms. The topological polar surface area (TPSA) is 55.5 Å². The average Bonchev–Trinajstić information content (AvgIpc) is 2.25. The van der Waals surface area contributed by atoms with E-state index in [-0.39, 0.29) is 18.4 Å². The number of nitrogens with two attached hydrogens (primary N) is 1. The molecular formula is C13H20ClNO2. The molecule has 1 fully saturated rings. The second-order valence-corrected chi connectivity index (χ2v) is 4.48. The number of halogens is 1. The van der Waals surface area contributed by atoms with Crippen molar-refractivity contribution >= 4 is 12.4 Å². The first-order valence-electron chi connectivity index (χ1n) is 5.80. The fourth-order valence-corrected chi connectivity index (χ4v) is 2.12. The summed E-state index contributed by atoms with van der Waals surface area (Å²) in [6.45, 7) is 0. The molecule has 0 heterocycles. The van der Waals surface area contributed by atoms with Gasteiger partial charge in [-0.2, -0.15) is 0 Å². The maximum absolute atomic E-state index is 10.1. The molecule has 0 saturated heterocycles. The molecule has 4 heteroatoms. The maximum Gasteiger partial charge on any atom is 0.119 e. The average molecular weight is 258 g/mol. The van der Waals surface area contributed by atoms with Crippen LogP contribution in [0.2, 0.25) is 0 Å². The minimum atomic E-state index is -0.430. The zero-order valence-corrected chi connectivity index (χ0v) is 10.8. The van der Waals surface area contributed by atoms with Gasteiger partial charge in [-0.25, -0.2) is 0 Å². The van der Waals surface area contributed by atoms with Crippen molar-refractivity contribution in [1.29, 1.82) is 0 Å². The second kappa shape index (κ2) is 6.24. The van der Waals surface area contributed by atoms with Gasteiger partial charge in [-0.05, 0) is 36.5 Å². The molecule has 2 rings (SSSR count). The number of rotatable bonds is 4. The van der Waals surface area contributed by atoms with Gasteiger partial charge in [-0.1, -0.05) is 18.6 Å². The third-order valence-electron chi connectivity index (χ3n) is 3.48. The molecular weight excluding hydrogens is 238 g/mol. The smallest absolute Gasteiger partial charge is 0.119 e. The molecule has 1 aromatic carbocycles. The summed E-state index contributed by atoms with van der Waals surface area (Å²) in [6.07, 6.45) is 2.98. The first-order chi connectivity index (χ1) is 7.72. The summed E-state index contributed by atoms with van der Waals surface area (Å²) in [7, 11) is 1.63. The highest BCUT2D eigenvalue weighted by Gasteiger charge is 2.30. The predicted octanol–water partition coefficient (Wildman–Crippen LogP) is 2.28. The van der Waals surface area contributed by atoms with Crippen molar-refractivity contribution in [2.24, 2.45) is 11.7 Å². The standard InChI is InChI=1S/C13H19NO2.ClH/c1-16-11-7-3-6-10(8-11)12(14)13(15)9-4-2-5-9;/h3,6-9,12-13,15H,2,4-5,14H2,1H3;1H/t12-,13+;/m1./s1. The van der Waals surface area contributed by atoms with Crippen LogP contribution >= 0.6 is 12.4 Å². The highest BCUT2D eigenvalue weighted by atomic mass is 35.5. The Hall–Kier alpha value is -0.770. The Bertz CT molecular complexity index is 355. The van der Waals surface area contributed by atoms with Gasteiger partial charge in [-0.15, -0.1) is 12.4 Å². The molecule has 0 spiro atoms. The van der Waals surface area contributed by atoms with E-state index in [0.717, 1.165) is 24.2 Å². The summed E-state index contributed by atoms with van der Waals surface area (Å²) in [6, 6.07) is 7.31. The van der Waals surface area contributed by atoms with Crippen LogP contribution < -0.4 is 10.5 Å². The lowest BCUT2D eigenvalue weighted by Gasteiger charge is -2.33. The Balaban J connectivity index is 0.00000144. The van der Waals surface area contributed by atoms with Gasteiger partial charge >= 0.3 is 0 Å². The summed E-state index contributed by atoms with van der Waals surface area (Å²) in [4.78, 5) is 0. The number of benzene rings is 1. The summed E-state index contributed by atoms with van der Waals surface area (Å²) in [5.74, 6) is 1.16. The van der Waals surface area contributed by atoms with Gasteiger partial charge in [0.25, 0.3) is 0 Å². The van der Waals surface area contributed by atoms with E-state index in [1.165, 1.54) is 6.42 Å². The van der Waals surface area contributed by atoms with Crippen LogP contribution in [0.5, 0.6) is 5.75 Å². The van der Waals surface area contributed by atoms with Crippen molar-refractivity contribution in [3.8, 4) is 5.75 Å². The number of aliphatic hydroxyl groups is 1. The van der Waals surface area contributed by atoms with Crippen molar-refractivity contribution in [3.63, 3.8) is 0 Å². The minimum absolute atomic E-state index is 0. The third kappa shape index (κ3) is 3.12. The van der Waals surface area contributed by atoms with E-state index in [2.05, 4.69) is 0 Å². The molecule has 0 unspecified atom stereocenters. The van der Waals surface area contributed by atoms with E-state index in [1.807, 2.05) is 24.3 Å². The minimum Gasteiger partial charge on any atom is -0.497 e. The lowest BCUT2D eigenvalue weighted by Crippen LogP contribution is -2.36. The van der Waals surface area contributed by atoms with Crippen LogP contribution in [0.4, 0.5) is 0 Å². The zero-order valence-electron chi connectivity index (χ0n) is 10.0. The molecule has 17 heavy (non-hydrogen) atoms. The van der Waals surface area contributed by atoms with Gasteiger partial charge in [0, 0.05) is 0 Å². The van der Waals surface area contributed by atoms with E-state index >= 15 is 0 Å². The van der Waals surface area contributed by atoms with Crippen LogP contribution in [0.1, 0.15) is 30.9 Å². The summed E-state index contributed by atoms with van der Waals surface area (Å²) in [5.41, 5.74) is 7.01. The molecule has 1 aliphatic carbocycles. The van der Waals surface area contributed by atoms with Crippen LogP contribution in [0.25, 0.3) is 0 Å². The molecule has 3 nitrogen and oxygen atoms in total. The molecule has 1 aromatic rings. The number of aliphatic hydroxyl groups excluding tert-OH is 1. The third-order valence-corrected chi connectivity index (χ3v) is 3.48. The van der Waals surface area contributed by atoms with Gasteiger partial charge < -0.3 is 15.6 Å². The van der Waals surface area contributed by atoms with Crippen molar-refractivity contribution in [2.75, 3.05) is 7.11 Å². The number of hydrogen-bond acceptors (Lipinski definition) is 3. The number of methoxy groups -OCH3 is 1. The first-order valence-corrected chi connectivity index (χ1v) is 5.80. The monoisotopic (exact) mass is 257 g/mol. The SMILES string of the molecule is COc1cccc([C@@H](N)[C@@H](O)C2CCC2)c1.Cl. The maximum atomic E-state index is 10.1. The Labute approximate surface area is 108 Å². The highest BCUT2D eigenvalue weighted by Crippen LogP contribution is 2.34. The normalized spacial score (nSPS) is 18.8. The van der Waals surface area contributed by atoms with Gasteiger partial charge in [0.1, 0.15) is 5.75 Å². The lowest BCUT2D eigenvalue weighted by atomic mass is 9.77. The summed E-state index contributed by atoms with van der Waals surface area (Å²) < 4.78 is 5.15. The van der Waals surface area contributed by atoms with Crippen molar-refractivity contribution in [3.05, 3.63) is 29.8 Å². The van der Waals surface area contributed by atoms with Crippen molar-refractivity contribution < 1.29 is 9.84 Å². The molecule has 0 aliphatic heterocycles. The van der Waals surface area contributed by atoms with Gasteiger partial charge in [0.15, 0.2) is 0 Å². The number of ether oxygens (including phenoxy) is 1. The Kier molecular flexibility index (Phi) is 5.25. The molecule has 96 valence electrons. The molecule has 1 aliphatic rings. The summed E-state index contributed by atoms with van der Waals surface area (Å²) in [5, 5.41) is 10.1. The quantitative estimate of drug-likeness (QED) is 0.870. The molecule has 0 aromatic heterocycles. The Morgan fingerprint density at radius 3 is 2.65 bits per heavy atom. The van der Waals surface area contributed by atoms with Crippen LogP contribution in [-0.2, 0) is 0 Å². The molecule has 3 N–H and O–H groups in total. The molecule has 2 atom stereocenters. The molecule has 0 amide bonds. The van der Waals surface area contributed by atoms with Crippen LogP contribution in [-0.4, -0.2) is 18.3 Å². The van der Waals surface area contributed by atoms with E-state index in [1.54, 1.807) is 7.11 Å². The van der Waals surface area contributed by atoms with E-state index in [0.29, 0.717) is 5.92 Å². The fourth-order valence-electron chi connectivity index (χ4n) is 2.12. The van der Waals surface area contributed by atoms with Crippen molar-refractivity contribution in [1.82, 2.24) is 0 Å². The first kappa shape index (κ1) is 14.3. The highest BCUT2D eigenvalue weighted by molar-refractivity contribution is 5.85. The molecule has 1 saturated carbocycles. The fraction of sp³-hybridized carbons (Fsp3) is 0.538. The van der Waals surface area contributed by atoms with Gasteiger partial charge in [0.05, 0.1) is 19.3 Å².